The van der Waals surface area contributed by atoms with Gasteiger partial charge in [0.2, 0.25) is 0 Å². The Morgan fingerprint density at radius 1 is 1.21 bits per heavy atom. The Bertz CT molecular complexity index is 186. The highest BCUT2D eigenvalue weighted by molar-refractivity contribution is 5.71. The molecule has 5 heteroatoms. The van der Waals surface area contributed by atoms with E-state index in [9.17, 15) is 4.79 Å². The van der Waals surface area contributed by atoms with Gasteiger partial charge >= 0.3 is 6.03 Å². The second-order valence-corrected chi connectivity index (χ2v) is 3.66. The Morgan fingerprint density at radius 2 is 2.00 bits per heavy atom. The molecule has 0 saturated carbocycles. The van der Waals surface area contributed by atoms with Gasteiger partial charge in [-0.15, -0.1) is 0 Å². The molecule has 0 bridgehead atoms. The lowest BCUT2D eigenvalue weighted by atomic mass is 10.3. The second kappa shape index (κ2) is 5.82. The number of carbonyl (C=O) groups excluding carboxylic acids is 1. The van der Waals surface area contributed by atoms with Crippen molar-refractivity contribution in [2.24, 2.45) is 11.5 Å². The fourth-order valence-electron chi connectivity index (χ4n) is 1.73. The SMILES string of the molecule is NCCCN1CCCN(C(N)=O)CC1. The molecule has 1 fully saturated rings. The first-order valence-corrected chi connectivity index (χ1v) is 5.21. The number of nitrogens with two attached hydrogens (primary N) is 2. The molecular weight excluding hydrogens is 180 g/mol. The summed E-state index contributed by atoms with van der Waals surface area (Å²) in [6.07, 6.45) is 2.03. The van der Waals surface area contributed by atoms with E-state index in [4.69, 9.17) is 11.5 Å². The number of hydrogen-bond acceptors (Lipinski definition) is 3. The normalized spacial score (nSPS) is 19.4. The van der Waals surface area contributed by atoms with E-state index in [-0.39, 0.29) is 6.03 Å². The van der Waals surface area contributed by atoms with Gasteiger partial charge < -0.3 is 21.3 Å². The number of nitrogens with zero attached hydrogens (tertiary/aromatic N) is 2. The molecule has 4 N–H and O–H groups in total. The minimum absolute atomic E-state index is 0.300. The van der Waals surface area contributed by atoms with Crippen molar-refractivity contribution < 1.29 is 4.79 Å². The molecule has 0 aromatic rings. The maximum atomic E-state index is 10.9. The number of primary amides is 1. The number of hydrogen-bond donors (Lipinski definition) is 2. The summed E-state index contributed by atoms with van der Waals surface area (Å²) >= 11 is 0. The molecule has 5 nitrogen and oxygen atoms in total. The van der Waals surface area contributed by atoms with Crippen molar-refractivity contribution in [3.63, 3.8) is 0 Å². The van der Waals surface area contributed by atoms with E-state index in [2.05, 4.69) is 4.90 Å². The Labute approximate surface area is 85.0 Å². The zero-order valence-electron chi connectivity index (χ0n) is 8.61. The number of rotatable bonds is 3. The maximum absolute atomic E-state index is 10.9. The molecule has 0 spiro atoms. The van der Waals surface area contributed by atoms with Crippen LogP contribution < -0.4 is 11.5 Å². The predicted molar refractivity (Wildman–Crippen MR) is 55.9 cm³/mol. The fraction of sp³-hybridized carbons (Fsp3) is 0.889. The van der Waals surface area contributed by atoms with Crippen LogP contribution in [0.4, 0.5) is 4.79 Å². The third kappa shape index (κ3) is 3.51. The van der Waals surface area contributed by atoms with E-state index in [1.54, 1.807) is 4.90 Å². The number of urea groups is 1. The van der Waals surface area contributed by atoms with Gasteiger partial charge in [-0.25, -0.2) is 4.79 Å². The van der Waals surface area contributed by atoms with Gasteiger partial charge in [-0.1, -0.05) is 0 Å². The van der Waals surface area contributed by atoms with Gasteiger partial charge in [-0.2, -0.15) is 0 Å². The van der Waals surface area contributed by atoms with E-state index in [1.807, 2.05) is 0 Å². The first-order valence-electron chi connectivity index (χ1n) is 5.21. The highest BCUT2D eigenvalue weighted by Gasteiger charge is 2.15. The highest BCUT2D eigenvalue weighted by atomic mass is 16.2. The number of carbonyl (C=O) groups is 1. The summed E-state index contributed by atoms with van der Waals surface area (Å²) in [6, 6.07) is -0.300. The first kappa shape index (κ1) is 11.3. The summed E-state index contributed by atoms with van der Waals surface area (Å²) in [4.78, 5) is 15.0. The quantitative estimate of drug-likeness (QED) is 0.640. The highest BCUT2D eigenvalue weighted by Crippen LogP contribution is 2.02. The van der Waals surface area contributed by atoms with Gasteiger partial charge in [-0.3, -0.25) is 0 Å². The Balaban J connectivity index is 2.29. The van der Waals surface area contributed by atoms with Crippen molar-refractivity contribution in [3.8, 4) is 0 Å². The zero-order valence-corrected chi connectivity index (χ0v) is 8.61. The molecule has 0 aliphatic carbocycles. The van der Waals surface area contributed by atoms with Crippen molar-refractivity contribution in [2.75, 3.05) is 39.3 Å². The van der Waals surface area contributed by atoms with Crippen LogP contribution in [-0.4, -0.2) is 55.1 Å². The van der Waals surface area contributed by atoms with E-state index in [0.29, 0.717) is 0 Å². The third-order valence-corrected chi connectivity index (χ3v) is 2.58. The standard InChI is InChI=1S/C9H20N4O/c10-3-1-4-12-5-2-6-13(8-7-12)9(11)14/h1-8,10H2,(H2,11,14). The average Bonchev–Trinajstić information content (AvgIpc) is 2.39. The average molecular weight is 200 g/mol. The van der Waals surface area contributed by atoms with E-state index in [1.165, 1.54) is 0 Å². The van der Waals surface area contributed by atoms with E-state index in [0.717, 1.165) is 52.1 Å². The van der Waals surface area contributed by atoms with Gasteiger partial charge in [0.15, 0.2) is 0 Å². The lowest BCUT2D eigenvalue weighted by Crippen LogP contribution is -2.38. The molecule has 1 heterocycles. The second-order valence-electron chi connectivity index (χ2n) is 3.66. The summed E-state index contributed by atoms with van der Waals surface area (Å²) < 4.78 is 0. The third-order valence-electron chi connectivity index (χ3n) is 2.58. The molecule has 1 rings (SSSR count). The Hall–Kier alpha value is -0.810. The van der Waals surface area contributed by atoms with Crippen LogP contribution in [0, 0.1) is 0 Å². The van der Waals surface area contributed by atoms with Crippen LogP contribution in [0.25, 0.3) is 0 Å². The minimum atomic E-state index is -0.300. The van der Waals surface area contributed by atoms with Crippen molar-refractivity contribution in [2.45, 2.75) is 12.8 Å². The van der Waals surface area contributed by atoms with Crippen LogP contribution in [0.1, 0.15) is 12.8 Å². The molecule has 0 aromatic heterocycles. The Kier molecular flexibility index (Phi) is 4.69. The summed E-state index contributed by atoms with van der Waals surface area (Å²) in [5, 5.41) is 0. The summed E-state index contributed by atoms with van der Waals surface area (Å²) in [5.74, 6) is 0. The van der Waals surface area contributed by atoms with Crippen LogP contribution >= 0.6 is 0 Å². The topological polar surface area (TPSA) is 75.6 Å². The Morgan fingerprint density at radius 3 is 2.64 bits per heavy atom. The van der Waals surface area contributed by atoms with Gasteiger partial charge in [0.05, 0.1) is 0 Å². The van der Waals surface area contributed by atoms with Gasteiger partial charge in [0.1, 0.15) is 0 Å². The molecule has 1 aliphatic heterocycles. The molecule has 82 valence electrons. The largest absolute Gasteiger partial charge is 0.351 e. The van der Waals surface area contributed by atoms with Crippen LogP contribution in [0.2, 0.25) is 0 Å². The lowest BCUT2D eigenvalue weighted by molar-refractivity contribution is 0.207. The van der Waals surface area contributed by atoms with Crippen molar-refractivity contribution in [1.82, 2.24) is 9.80 Å². The molecular formula is C9H20N4O. The molecule has 14 heavy (non-hydrogen) atoms. The minimum Gasteiger partial charge on any atom is -0.351 e. The smallest absolute Gasteiger partial charge is 0.314 e. The first-order chi connectivity index (χ1) is 6.74. The van der Waals surface area contributed by atoms with E-state index >= 15 is 0 Å². The molecule has 1 aliphatic rings. The maximum Gasteiger partial charge on any atom is 0.314 e. The zero-order chi connectivity index (χ0) is 10.4. The molecule has 1 saturated heterocycles. The molecule has 2 amide bonds. The van der Waals surface area contributed by atoms with E-state index < -0.39 is 0 Å². The monoisotopic (exact) mass is 200 g/mol. The van der Waals surface area contributed by atoms with Crippen LogP contribution in [-0.2, 0) is 0 Å². The van der Waals surface area contributed by atoms with Crippen LogP contribution in [0.5, 0.6) is 0 Å². The number of amides is 2. The van der Waals surface area contributed by atoms with Crippen LogP contribution in [0.15, 0.2) is 0 Å². The van der Waals surface area contributed by atoms with Crippen molar-refractivity contribution in [3.05, 3.63) is 0 Å². The summed E-state index contributed by atoms with van der Waals surface area (Å²) in [6.45, 7) is 5.26. The fourth-order valence-corrected chi connectivity index (χ4v) is 1.73. The summed E-state index contributed by atoms with van der Waals surface area (Å²) in [7, 11) is 0. The van der Waals surface area contributed by atoms with Gasteiger partial charge in [-0.05, 0) is 32.5 Å². The summed E-state index contributed by atoms with van der Waals surface area (Å²) in [5.41, 5.74) is 10.7. The molecule has 0 atom stereocenters. The molecule has 0 unspecified atom stereocenters. The predicted octanol–water partition coefficient (Wildman–Crippen LogP) is -0.578. The van der Waals surface area contributed by atoms with Gasteiger partial charge in [0.25, 0.3) is 0 Å². The molecule has 0 aromatic carbocycles. The van der Waals surface area contributed by atoms with Crippen LogP contribution in [0.3, 0.4) is 0 Å². The van der Waals surface area contributed by atoms with Crippen molar-refractivity contribution in [1.29, 1.82) is 0 Å². The van der Waals surface area contributed by atoms with Gasteiger partial charge in [0, 0.05) is 19.6 Å². The van der Waals surface area contributed by atoms with Crippen molar-refractivity contribution >= 4 is 6.03 Å². The molecule has 0 radical (unpaired) electrons. The lowest BCUT2D eigenvalue weighted by Gasteiger charge is -2.20.